The monoisotopic (exact) mass is 234 g/mol. The molecule has 1 fully saturated rings. The van der Waals surface area contributed by atoms with Crippen molar-refractivity contribution in [3.8, 4) is 0 Å². The Hall–Kier alpha value is -1.35. The van der Waals surface area contributed by atoms with Gasteiger partial charge in [0.25, 0.3) is 0 Å². The molecule has 3 nitrogen and oxygen atoms in total. The lowest BCUT2D eigenvalue weighted by Crippen LogP contribution is -2.12. The van der Waals surface area contributed by atoms with Crippen molar-refractivity contribution in [2.75, 3.05) is 6.61 Å². The molecule has 1 aliphatic rings. The first-order valence-electron chi connectivity index (χ1n) is 6.10. The summed E-state index contributed by atoms with van der Waals surface area (Å²) in [6.45, 7) is 2.58. The van der Waals surface area contributed by atoms with E-state index in [0.29, 0.717) is 6.42 Å². The molecule has 0 bridgehead atoms. The molecule has 2 rings (SSSR count). The molecule has 2 atom stereocenters. The number of hydrogen-bond donors (Lipinski definition) is 1. The average molecular weight is 234 g/mol. The molecule has 1 aromatic carbocycles. The number of carboxylic acid groups (broad SMARTS) is 1. The van der Waals surface area contributed by atoms with Crippen LogP contribution < -0.4 is 0 Å². The van der Waals surface area contributed by atoms with Crippen LogP contribution in [0.5, 0.6) is 0 Å². The van der Waals surface area contributed by atoms with E-state index in [1.54, 1.807) is 6.92 Å². The highest BCUT2D eigenvalue weighted by molar-refractivity contribution is 5.69. The Morgan fingerprint density at radius 1 is 1.47 bits per heavy atom. The van der Waals surface area contributed by atoms with Crippen molar-refractivity contribution >= 4 is 5.97 Å². The predicted octanol–water partition coefficient (Wildman–Crippen LogP) is 2.80. The van der Waals surface area contributed by atoms with E-state index in [1.807, 2.05) is 12.1 Å². The summed E-state index contributed by atoms with van der Waals surface area (Å²) < 4.78 is 5.60. The van der Waals surface area contributed by atoms with Gasteiger partial charge >= 0.3 is 5.97 Å². The lowest BCUT2D eigenvalue weighted by Gasteiger charge is -2.11. The molecule has 1 heterocycles. The Kier molecular flexibility index (Phi) is 3.79. The molecule has 1 aliphatic heterocycles. The zero-order chi connectivity index (χ0) is 12.3. The van der Waals surface area contributed by atoms with Gasteiger partial charge in [-0.25, -0.2) is 0 Å². The average Bonchev–Trinajstić information content (AvgIpc) is 2.83. The lowest BCUT2D eigenvalue weighted by atomic mass is 9.98. The van der Waals surface area contributed by atoms with Crippen LogP contribution in [0.2, 0.25) is 0 Å². The molecule has 0 aliphatic carbocycles. The largest absolute Gasteiger partial charge is 0.481 e. The molecule has 92 valence electrons. The van der Waals surface area contributed by atoms with Gasteiger partial charge in [-0.05, 0) is 30.4 Å². The van der Waals surface area contributed by atoms with E-state index in [-0.39, 0.29) is 12.0 Å². The van der Waals surface area contributed by atoms with Gasteiger partial charge in [-0.1, -0.05) is 31.2 Å². The molecule has 0 spiro atoms. The molecule has 0 saturated carbocycles. The van der Waals surface area contributed by atoms with Crippen molar-refractivity contribution in [3.05, 3.63) is 35.4 Å². The predicted molar refractivity (Wildman–Crippen MR) is 64.9 cm³/mol. The van der Waals surface area contributed by atoms with Crippen LogP contribution in [0.3, 0.4) is 0 Å². The number of benzene rings is 1. The van der Waals surface area contributed by atoms with Crippen LogP contribution in [0.4, 0.5) is 0 Å². The number of aliphatic carboxylic acids is 1. The molecular weight excluding hydrogens is 216 g/mol. The summed E-state index contributed by atoms with van der Waals surface area (Å²) in [5, 5.41) is 8.85. The molecule has 1 saturated heterocycles. The van der Waals surface area contributed by atoms with Crippen molar-refractivity contribution in [1.29, 1.82) is 0 Å². The first-order valence-corrected chi connectivity index (χ1v) is 6.10. The number of carboxylic acids is 1. The van der Waals surface area contributed by atoms with Gasteiger partial charge in [0.2, 0.25) is 0 Å². The van der Waals surface area contributed by atoms with E-state index in [0.717, 1.165) is 25.0 Å². The SMILES string of the molecule is CC(Cc1ccc(C2CCCO2)cc1)C(=O)O. The van der Waals surface area contributed by atoms with Crippen LogP contribution >= 0.6 is 0 Å². The Morgan fingerprint density at radius 3 is 2.71 bits per heavy atom. The Morgan fingerprint density at radius 2 is 2.18 bits per heavy atom. The van der Waals surface area contributed by atoms with Crippen molar-refractivity contribution in [2.24, 2.45) is 5.92 Å². The third-order valence-electron chi connectivity index (χ3n) is 3.24. The first kappa shape index (κ1) is 12.1. The second kappa shape index (κ2) is 5.32. The second-order valence-electron chi connectivity index (χ2n) is 4.69. The maximum absolute atomic E-state index is 10.8. The van der Waals surface area contributed by atoms with Gasteiger partial charge in [0.1, 0.15) is 0 Å². The van der Waals surface area contributed by atoms with Crippen LogP contribution in [-0.4, -0.2) is 17.7 Å². The van der Waals surface area contributed by atoms with E-state index in [2.05, 4.69) is 12.1 Å². The van der Waals surface area contributed by atoms with Gasteiger partial charge in [-0.15, -0.1) is 0 Å². The summed E-state index contributed by atoms with van der Waals surface area (Å²) in [5.74, 6) is -1.07. The normalized spacial score (nSPS) is 21.4. The summed E-state index contributed by atoms with van der Waals surface area (Å²) in [6, 6.07) is 8.13. The van der Waals surface area contributed by atoms with E-state index < -0.39 is 5.97 Å². The fourth-order valence-electron chi connectivity index (χ4n) is 2.15. The molecule has 0 amide bonds. The fourth-order valence-corrected chi connectivity index (χ4v) is 2.15. The molecule has 3 heteroatoms. The van der Waals surface area contributed by atoms with E-state index in [1.165, 1.54) is 5.56 Å². The summed E-state index contributed by atoms with van der Waals surface area (Å²) in [5.41, 5.74) is 2.27. The number of hydrogen-bond acceptors (Lipinski definition) is 2. The topological polar surface area (TPSA) is 46.5 Å². The quantitative estimate of drug-likeness (QED) is 0.871. The van der Waals surface area contributed by atoms with Gasteiger partial charge in [0.15, 0.2) is 0 Å². The minimum absolute atomic E-state index is 0.237. The first-order chi connectivity index (χ1) is 8.16. The van der Waals surface area contributed by atoms with Crippen molar-refractivity contribution in [3.63, 3.8) is 0 Å². The van der Waals surface area contributed by atoms with E-state index in [9.17, 15) is 4.79 Å². The summed E-state index contributed by atoms with van der Waals surface area (Å²) >= 11 is 0. The molecule has 17 heavy (non-hydrogen) atoms. The van der Waals surface area contributed by atoms with Crippen LogP contribution in [0.15, 0.2) is 24.3 Å². The molecular formula is C14H18O3. The molecule has 1 N–H and O–H groups in total. The summed E-state index contributed by atoms with van der Waals surface area (Å²) in [6.07, 6.45) is 3.04. The van der Waals surface area contributed by atoms with Crippen LogP contribution in [0, 0.1) is 5.92 Å². The Balaban J connectivity index is 2.00. The zero-order valence-corrected chi connectivity index (χ0v) is 10.1. The fraction of sp³-hybridized carbons (Fsp3) is 0.500. The molecule has 2 unspecified atom stereocenters. The van der Waals surface area contributed by atoms with Crippen molar-refractivity contribution in [2.45, 2.75) is 32.3 Å². The standard InChI is InChI=1S/C14H18O3/c1-10(14(15)16)9-11-4-6-12(7-5-11)13-3-2-8-17-13/h4-7,10,13H,2-3,8-9H2,1H3,(H,15,16). The maximum atomic E-state index is 10.8. The minimum Gasteiger partial charge on any atom is -0.481 e. The zero-order valence-electron chi connectivity index (χ0n) is 10.1. The van der Waals surface area contributed by atoms with Crippen molar-refractivity contribution in [1.82, 2.24) is 0 Å². The number of ether oxygens (including phenoxy) is 1. The van der Waals surface area contributed by atoms with Gasteiger partial charge in [-0.3, -0.25) is 4.79 Å². The van der Waals surface area contributed by atoms with Gasteiger partial charge in [0.05, 0.1) is 12.0 Å². The Bertz CT molecular complexity index is 377. The highest BCUT2D eigenvalue weighted by Crippen LogP contribution is 2.28. The van der Waals surface area contributed by atoms with E-state index >= 15 is 0 Å². The van der Waals surface area contributed by atoms with Crippen LogP contribution in [0.25, 0.3) is 0 Å². The number of carbonyl (C=O) groups is 1. The molecule has 1 aromatic rings. The van der Waals surface area contributed by atoms with E-state index in [4.69, 9.17) is 9.84 Å². The third kappa shape index (κ3) is 3.07. The highest BCUT2D eigenvalue weighted by atomic mass is 16.5. The molecule has 0 radical (unpaired) electrons. The van der Waals surface area contributed by atoms with Crippen LogP contribution in [-0.2, 0) is 16.0 Å². The Labute approximate surface area is 101 Å². The summed E-state index contributed by atoms with van der Waals surface area (Å²) in [4.78, 5) is 10.8. The smallest absolute Gasteiger partial charge is 0.306 e. The summed E-state index contributed by atoms with van der Waals surface area (Å²) in [7, 11) is 0. The molecule has 0 aromatic heterocycles. The van der Waals surface area contributed by atoms with Crippen LogP contribution in [0.1, 0.15) is 37.0 Å². The van der Waals surface area contributed by atoms with Crippen molar-refractivity contribution < 1.29 is 14.6 Å². The third-order valence-corrected chi connectivity index (χ3v) is 3.24. The minimum atomic E-state index is -0.742. The van der Waals surface area contributed by atoms with Gasteiger partial charge < -0.3 is 9.84 Å². The maximum Gasteiger partial charge on any atom is 0.306 e. The highest BCUT2D eigenvalue weighted by Gasteiger charge is 2.17. The lowest BCUT2D eigenvalue weighted by molar-refractivity contribution is -0.141. The number of rotatable bonds is 4. The van der Waals surface area contributed by atoms with Gasteiger partial charge in [0, 0.05) is 6.61 Å². The second-order valence-corrected chi connectivity index (χ2v) is 4.69. The van der Waals surface area contributed by atoms with Gasteiger partial charge in [-0.2, -0.15) is 0 Å².